The van der Waals surface area contributed by atoms with Gasteiger partial charge in [0.1, 0.15) is 17.8 Å². The quantitative estimate of drug-likeness (QED) is 0.0452. The number of benzene rings is 1. The van der Waals surface area contributed by atoms with Crippen LogP contribution in [-0.4, -0.2) is 94.3 Å². The Hall–Kier alpha value is -4.64. The Kier molecular flexibility index (Phi) is 15.1. The molecule has 0 heterocycles. The Morgan fingerprint density at radius 1 is 0.833 bits per heavy atom. The number of carboxylic acids is 1. The summed E-state index contributed by atoms with van der Waals surface area (Å²) in [6.45, 7) is 1.71. The molecule has 0 saturated carbocycles. The molecule has 0 bridgehead atoms. The molecule has 0 aliphatic carbocycles. The number of nitrogens with one attached hydrogen (secondary N) is 7. The summed E-state index contributed by atoms with van der Waals surface area (Å²) in [6, 6.07) is 0.623. The lowest BCUT2D eigenvalue weighted by Gasteiger charge is -2.26. The van der Waals surface area contributed by atoms with Crippen LogP contribution in [0.25, 0.3) is 0 Å². The van der Waals surface area contributed by atoms with Crippen LogP contribution < -0.4 is 43.8 Å². The maximum Gasteiger partial charge on any atom is 0.328 e. The Balaban J connectivity index is 3.11. The first-order valence-electron chi connectivity index (χ1n) is 13.2. The van der Waals surface area contributed by atoms with Crippen molar-refractivity contribution in [3.8, 4) is 5.75 Å². The SMILES string of the molecule is C[C@@H](O)[C@H](NC(=O)[C@H](Cc1ccc(O)cc1)NC(=O)[C@H](CCCNC(=N)N)NC(=O)[C@@H](N)CCCNC(=N)N)C(=O)O. The number of guanidine groups is 2. The highest BCUT2D eigenvalue weighted by molar-refractivity contribution is 5.94. The van der Waals surface area contributed by atoms with E-state index in [2.05, 4.69) is 26.6 Å². The summed E-state index contributed by atoms with van der Waals surface area (Å²) in [6.07, 6.45) is -0.572. The predicted molar refractivity (Wildman–Crippen MR) is 153 cm³/mol. The third-order valence-electron chi connectivity index (χ3n) is 6.02. The van der Waals surface area contributed by atoms with Crippen molar-refractivity contribution in [1.29, 1.82) is 10.8 Å². The van der Waals surface area contributed by atoms with Crippen molar-refractivity contribution < 1.29 is 34.5 Å². The minimum Gasteiger partial charge on any atom is -0.508 e. The fourth-order valence-corrected chi connectivity index (χ4v) is 3.74. The van der Waals surface area contributed by atoms with Crippen molar-refractivity contribution in [3.63, 3.8) is 0 Å². The van der Waals surface area contributed by atoms with Crippen molar-refractivity contribution >= 4 is 35.6 Å². The Morgan fingerprint density at radius 3 is 1.83 bits per heavy atom. The van der Waals surface area contributed by atoms with Crippen LogP contribution in [-0.2, 0) is 25.6 Å². The van der Waals surface area contributed by atoms with E-state index in [1.54, 1.807) is 0 Å². The number of phenolic OH excluding ortho intramolecular Hbond substituents is 1. The van der Waals surface area contributed by atoms with Crippen molar-refractivity contribution in [2.45, 2.75) is 69.3 Å². The first-order valence-corrected chi connectivity index (χ1v) is 13.2. The molecule has 16 N–H and O–H groups in total. The second kappa shape index (κ2) is 17.9. The molecular formula is C25H42N10O7. The number of aliphatic hydroxyl groups is 1. The van der Waals surface area contributed by atoms with Gasteiger partial charge in [-0.25, -0.2) is 4.79 Å². The van der Waals surface area contributed by atoms with Gasteiger partial charge in [-0.05, 0) is 50.3 Å². The Labute approximate surface area is 243 Å². The number of phenols is 1. The highest BCUT2D eigenvalue weighted by atomic mass is 16.4. The molecule has 0 radical (unpaired) electrons. The van der Waals surface area contributed by atoms with E-state index in [-0.39, 0.29) is 49.9 Å². The number of carbonyl (C=O) groups is 4. The summed E-state index contributed by atoms with van der Waals surface area (Å²) in [7, 11) is 0. The third-order valence-corrected chi connectivity index (χ3v) is 6.02. The predicted octanol–water partition coefficient (Wildman–Crippen LogP) is -3.29. The van der Waals surface area contributed by atoms with Crippen molar-refractivity contribution in [1.82, 2.24) is 26.6 Å². The van der Waals surface area contributed by atoms with Gasteiger partial charge in [-0.3, -0.25) is 25.2 Å². The molecule has 1 aromatic rings. The molecule has 0 fully saturated rings. The highest BCUT2D eigenvalue weighted by Crippen LogP contribution is 2.12. The maximum atomic E-state index is 13.4. The number of amides is 3. The smallest absolute Gasteiger partial charge is 0.328 e. The molecule has 17 nitrogen and oxygen atoms in total. The summed E-state index contributed by atoms with van der Waals surface area (Å²) >= 11 is 0. The second-order valence-electron chi connectivity index (χ2n) is 9.63. The topological polar surface area (TPSA) is 315 Å². The summed E-state index contributed by atoms with van der Waals surface area (Å²) in [5.41, 5.74) is 17.0. The van der Waals surface area contributed by atoms with Gasteiger partial charge in [0, 0.05) is 19.5 Å². The molecule has 42 heavy (non-hydrogen) atoms. The number of carbonyl (C=O) groups excluding carboxylic acids is 3. The average molecular weight is 595 g/mol. The standard InChI is InChI=1S/C25H42N10O7/c1-13(36)19(23(41)42)35-22(40)18(12-14-6-8-15(37)9-7-14)34-21(39)17(5-3-11-32-25(29)30)33-20(38)16(26)4-2-10-31-24(27)28/h6-9,13,16-19,36-37H,2-5,10-12,26H2,1H3,(H,33,38)(H,34,39)(H,35,40)(H,41,42)(H4,27,28,31)(H4,29,30,32)/t13-,16+,17+,18+,19+/m1/s1. The molecule has 1 aromatic carbocycles. The largest absolute Gasteiger partial charge is 0.508 e. The van der Waals surface area contributed by atoms with E-state index in [4.69, 9.17) is 28.0 Å². The van der Waals surface area contributed by atoms with Crippen LogP contribution >= 0.6 is 0 Å². The van der Waals surface area contributed by atoms with Crippen LogP contribution in [0.2, 0.25) is 0 Å². The van der Waals surface area contributed by atoms with Crippen LogP contribution in [0.5, 0.6) is 5.75 Å². The molecule has 3 amide bonds. The zero-order valence-electron chi connectivity index (χ0n) is 23.4. The Bertz CT molecular complexity index is 1080. The number of rotatable bonds is 18. The fourth-order valence-electron chi connectivity index (χ4n) is 3.74. The number of aromatic hydroxyl groups is 1. The lowest BCUT2D eigenvalue weighted by atomic mass is 10.0. The van der Waals surface area contributed by atoms with Crippen LogP contribution in [0, 0.1) is 10.8 Å². The van der Waals surface area contributed by atoms with Gasteiger partial charge < -0.3 is 59.1 Å². The molecule has 0 saturated heterocycles. The summed E-state index contributed by atoms with van der Waals surface area (Å²) in [5.74, 6) is -4.32. The first kappa shape index (κ1) is 35.4. The minimum atomic E-state index is -1.65. The van der Waals surface area contributed by atoms with E-state index in [1.807, 2.05) is 0 Å². The van der Waals surface area contributed by atoms with Crippen LogP contribution in [0.1, 0.15) is 38.2 Å². The first-order chi connectivity index (χ1) is 19.7. The normalized spacial score (nSPS) is 14.3. The van der Waals surface area contributed by atoms with Gasteiger partial charge in [0.25, 0.3) is 0 Å². The van der Waals surface area contributed by atoms with Gasteiger partial charge in [-0.2, -0.15) is 0 Å². The molecule has 0 unspecified atom stereocenters. The van der Waals surface area contributed by atoms with E-state index >= 15 is 0 Å². The molecule has 0 aliphatic rings. The van der Waals surface area contributed by atoms with Gasteiger partial charge in [0.05, 0.1) is 12.1 Å². The fraction of sp³-hybridized carbons (Fsp3) is 0.520. The molecule has 0 spiro atoms. The molecular weight excluding hydrogens is 552 g/mol. The number of hydrogen-bond acceptors (Lipinski definition) is 9. The molecule has 5 atom stereocenters. The highest BCUT2D eigenvalue weighted by Gasteiger charge is 2.32. The molecule has 234 valence electrons. The molecule has 0 aliphatic heterocycles. The lowest BCUT2D eigenvalue weighted by Crippen LogP contribution is -2.58. The maximum absolute atomic E-state index is 13.4. The van der Waals surface area contributed by atoms with E-state index in [0.717, 1.165) is 0 Å². The third kappa shape index (κ3) is 13.6. The van der Waals surface area contributed by atoms with Gasteiger partial charge >= 0.3 is 5.97 Å². The Morgan fingerprint density at radius 2 is 1.33 bits per heavy atom. The van der Waals surface area contributed by atoms with Crippen LogP contribution in [0.15, 0.2) is 24.3 Å². The zero-order chi connectivity index (χ0) is 31.8. The minimum absolute atomic E-state index is 0.0285. The lowest BCUT2D eigenvalue weighted by molar-refractivity contribution is -0.145. The summed E-state index contributed by atoms with van der Waals surface area (Å²) in [5, 5.41) is 55.7. The monoisotopic (exact) mass is 594 g/mol. The number of aliphatic hydroxyl groups excluding tert-OH is 1. The van der Waals surface area contributed by atoms with Gasteiger partial charge in [-0.1, -0.05) is 12.1 Å². The van der Waals surface area contributed by atoms with Crippen molar-refractivity contribution in [2.24, 2.45) is 17.2 Å². The second-order valence-corrected chi connectivity index (χ2v) is 9.63. The van der Waals surface area contributed by atoms with E-state index in [9.17, 15) is 34.5 Å². The van der Waals surface area contributed by atoms with Crippen molar-refractivity contribution in [3.05, 3.63) is 29.8 Å². The van der Waals surface area contributed by atoms with Crippen LogP contribution in [0.4, 0.5) is 0 Å². The zero-order valence-corrected chi connectivity index (χ0v) is 23.4. The average Bonchev–Trinajstić information content (AvgIpc) is 2.91. The summed E-state index contributed by atoms with van der Waals surface area (Å²) in [4.78, 5) is 50.8. The van der Waals surface area contributed by atoms with Gasteiger partial charge in [0.2, 0.25) is 17.7 Å². The van der Waals surface area contributed by atoms with E-state index in [1.165, 1.54) is 31.2 Å². The van der Waals surface area contributed by atoms with E-state index in [0.29, 0.717) is 18.5 Å². The summed E-state index contributed by atoms with van der Waals surface area (Å²) < 4.78 is 0. The molecule has 1 rings (SSSR count). The number of aliphatic carboxylic acids is 1. The van der Waals surface area contributed by atoms with Crippen molar-refractivity contribution in [2.75, 3.05) is 13.1 Å². The molecule has 17 heteroatoms. The van der Waals surface area contributed by atoms with Crippen LogP contribution in [0.3, 0.4) is 0 Å². The molecule has 0 aromatic heterocycles. The number of hydrogen-bond donors (Lipinski definition) is 13. The van der Waals surface area contributed by atoms with Gasteiger partial charge in [-0.15, -0.1) is 0 Å². The van der Waals surface area contributed by atoms with E-state index < -0.39 is 54.0 Å². The number of nitrogens with two attached hydrogens (primary N) is 3. The number of carboxylic acid groups (broad SMARTS) is 1. The van der Waals surface area contributed by atoms with Gasteiger partial charge in [0.15, 0.2) is 18.0 Å².